The summed E-state index contributed by atoms with van der Waals surface area (Å²) in [6, 6.07) is 7.12. The number of methoxy groups -OCH3 is 1. The second kappa shape index (κ2) is 7.84. The summed E-state index contributed by atoms with van der Waals surface area (Å²) in [5.41, 5.74) is 0.752. The molecule has 0 spiro atoms. The molecule has 24 heavy (non-hydrogen) atoms. The van der Waals surface area contributed by atoms with Crippen LogP contribution >= 0.6 is 0 Å². The summed E-state index contributed by atoms with van der Waals surface area (Å²) in [4.78, 5) is 12.1. The second-order valence-corrected chi connectivity index (χ2v) is 5.35. The highest BCUT2D eigenvalue weighted by molar-refractivity contribution is 5.78. The summed E-state index contributed by atoms with van der Waals surface area (Å²) in [7, 11) is 1.61. The number of hydrogen-bond donors (Lipinski definition) is 1. The topological polar surface area (TPSA) is 100 Å². The van der Waals surface area contributed by atoms with Gasteiger partial charge >= 0.3 is 0 Å². The molecular formula is C15H19N5O4. The summed E-state index contributed by atoms with van der Waals surface area (Å²) in [6.45, 7) is 1.02. The van der Waals surface area contributed by atoms with Crippen molar-refractivity contribution >= 4 is 5.91 Å². The summed E-state index contributed by atoms with van der Waals surface area (Å²) in [5.74, 6) is 0.366. The van der Waals surface area contributed by atoms with Gasteiger partial charge in [0.25, 0.3) is 5.91 Å². The number of aromatic nitrogens is 4. The predicted molar refractivity (Wildman–Crippen MR) is 82.8 cm³/mol. The van der Waals surface area contributed by atoms with E-state index in [0.717, 1.165) is 12.1 Å². The van der Waals surface area contributed by atoms with Gasteiger partial charge in [-0.3, -0.25) is 4.79 Å². The molecule has 128 valence electrons. The Bertz CT molecular complexity index is 664. The molecule has 0 unspecified atom stereocenters. The number of ether oxygens (including phenoxy) is 3. The maximum atomic E-state index is 12.1. The van der Waals surface area contributed by atoms with Crippen molar-refractivity contribution in [2.24, 2.45) is 0 Å². The Kier molecular flexibility index (Phi) is 5.34. The van der Waals surface area contributed by atoms with E-state index in [0.29, 0.717) is 19.0 Å². The van der Waals surface area contributed by atoms with Crippen LogP contribution in [0.3, 0.4) is 0 Å². The molecule has 9 nitrogen and oxygen atoms in total. The first kappa shape index (κ1) is 16.3. The molecule has 1 aromatic carbocycles. The van der Waals surface area contributed by atoms with E-state index >= 15 is 0 Å². The van der Waals surface area contributed by atoms with Crippen molar-refractivity contribution in [3.8, 4) is 11.4 Å². The molecule has 0 aliphatic carbocycles. The molecule has 2 atom stereocenters. The molecule has 1 fully saturated rings. The van der Waals surface area contributed by atoms with E-state index in [1.54, 1.807) is 19.2 Å². The van der Waals surface area contributed by atoms with Gasteiger partial charge < -0.3 is 19.5 Å². The van der Waals surface area contributed by atoms with Crippen LogP contribution < -0.4 is 10.1 Å². The van der Waals surface area contributed by atoms with Gasteiger partial charge in [0.15, 0.2) is 6.61 Å². The third kappa shape index (κ3) is 4.06. The van der Waals surface area contributed by atoms with Crippen LogP contribution in [0.2, 0.25) is 0 Å². The van der Waals surface area contributed by atoms with Gasteiger partial charge in [0.1, 0.15) is 18.2 Å². The Balaban J connectivity index is 1.53. The second-order valence-electron chi connectivity index (χ2n) is 5.35. The lowest BCUT2D eigenvalue weighted by Crippen LogP contribution is -2.50. The first-order valence-corrected chi connectivity index (χ1v) is 7.62. The van der Waals surface area contributed by atoms with E-state index < -0.39 is 0 Å². The highest BCUT2D eigenvalue weighted by atomic mass is 16.5. The molecule has 0 radical (unpaired) electrons. The molecule has 2 aromatic rings. The molecular weight excluding hydrogens is 314 g/mol. The van der Waals surface area contributed by atoms with E-state index in [-0.39, 0.29) is 24.7 Å². The number of carbonyl (C=O) groups is 1. The predicted octanol–water partition coefficient (Wildman–Crippen LogP) is -0.0388. The van der Waals surface area contributed by atoms with Gasteiger partial charge in [-0.15, -0.1) is 5.10 Å². The van der Waals surface area contributed by atoms with Crippen LogP contribution in [0.4, 0.5) is 0 Å². The van der Waals surface area contributed by atoms with E-state index in [9.17, 15) is 4.79 Å². The Morgan fingerprint density at radius 3 is 3.21 bits per heavy atom. The molecule has 1 saturated heterocycles. The fourth-order valence-electron chi connectivity index (χ4n) is 2.50. The van der Waals surface area contributed by atoms with Crippen molar-refractivity contribution in [1.29, 1.82) is 0 Å². The van der Waals surface area contributed by atoms with Gasteiger partial charge in [0.2, 0.25) is 0 Å². The van der Waals surface area contributed by atoms with Crippen LogP contribution in [-0.4, -0.2) is 65.2 Å². The number of tetrazole rings is 1. The SMILES string of the molecule is CO[C@@H]1COCC[C@H]1NC(=O)COc1cccc(-n2cnnn2)c1. The van der Waals surface area contributed by atoms with Crippen LogP contribution in [0.5, 0.6) is 5.75 Å². The van der Waals surface area contributed by atoms with E-state index in [2.05, 4.69) is 20.8 Å². The van der Waals surface area contributed by atoms with Crippen LogP contribution in [0, 0.1) is 0 Å². The van der Waals surface area contributed by atoms with Gasteiger partial charge in [-0.05, 0) is 29.0 Å². The van der Waals surface area contributed by atoms with E-state index in [1.807, 2.05) is 12.1 Å². The Morgan fingerprint density at radius 2 is 2.42 bits per heavy atom. The summed E-state index contributed by atoms with van der Waals surface area (Å²) in [5, 5.41) is 13.9. The average molecular weight is 333 g/mol. The summed E-state index contributed by atoms with van der Waals surface area (Å²) < 4.78 is 17.7. The van der Waals surface area contributed by atoms with Crippen molar-refractivity contribution in [1.82, 2.24) is 25.5 Å². The molecule has 2 heterocycles. The molecule has 3 rings (SSSR count). The maximum Gasteiger partial charge on any atom is 0.258 e. The minimum atomic E-state index is -0.197. The van der Waals surface area contributed by atoms with Crippen molar-refractivity contribution in [3.05, 3.63) is 30.6 Å². The van der Waals surface area contributed by atoms with Crippen molar-refractivity contribution < 1.29 is 19.0 Å². The van der Waals surface area contributed by atoms with Gasteiger partial charge in [-0.25, -0.2) is 4.68 Å². The third-order valence-corrected chi connectivity index (χ3v) is 3.75. The van der Waals surface area contributed by atoms with Crippen LogP contribution in [-0.2, 0) is 14.3 Å². The van der Waals surface area contributed by atoms with Crippen molar-refractivity contribution in [2.75, 3.05) is 26.9 Å². The first-order valence-electron chi connectivity index (χ1n) is 7.62. The minimum Gasteiger partial charge on any atom is -0.484 e. The normalized spacial score (nSPS) is 20.5. The highest BCUT2D eigenvalue weighted by Gasteiger charge is 2.26. The number of carbonyl (C=O) groups excluding carboxylic acids is 1. The van der Waals surface area contributed by atoms with Gasteiger partial charge in [-0.2, -0.15) is 0 Å². The first-order chi connectivity index (χ1) is 11.8. The van der Waals surface area contributed by atoms with E-state index in [1.165, 1.54) is 11.0 Å². The molecule has 9 heteroatoms. The van der Waals surface area contributed by atoms with Crippen LogP contribution in [0.15, 0.2) is 30.6 Å². The number of hydrogen-bond acceptors (Lipinski definition) is 7. The number of benzene rings is 1. The van der Waals surface area contributed by atoms with Gasteiger partial charge in [0.05, 0.1) is 18.3 Å². The monoisotopic (exact) mass is 333 g/mol. The fourth-order valence-corrected chi connectivity index (χ4v) is 2.50. The number of amides is 1. The molecule has 1 N–H and O–H groups in total. The standard InChI is InChI=1S/C15H19N5O4/c1-22-14-8-23-6-5-13(14)17-15(21)9-24-12-4-2-3-11(7-12)20-10-16-18-19-20/h2-4,7,10,13-14H,5-6,8-9H2,1H3,(H,17,21)/t13-,14-/m1/s1. The molecule has 1 aliphatic heterocycles. The Labute approximate surface area is 138 Å². The largest absolute Gasteiger partial charge is 0.484 e. The lowest BCUT2D eigenvalue weighted by atomic mass is 10.1. The number of nitrogens with zero attached hydrogens (tertiary/aromatic N) is 4. The molecule has 0 saturated carbocycles. The quantitative estimate of drug-likeness (QED) is 0.791. The summed E-state index contributed by atoms with van der Waals surface area (Å²) in [6.07, 6.45) is 2.08. The maximum absolute atomic E-state index is 12.1. The van der Waals surface area contributed by atoms with E-state index in [4.69, 9.17) is 14.2 Å². The Hall–Kier alpha value is -2.52. The zero-order valence-electron chi connectivity index (χ0n) is 13.3. The molecule has 0 bridgehead atoms. The molecule has 1 aromatic heterocycles. The van der Waals surface area contributed by atoms with Crippen molar-refractivity contribution in [3.63, 3.8) is 0 Å². The van der Waals surface area contributed by atoms with Crippen molar-refractivity contribution in [2.45, 2.75) is 18.6 Å². The number of nitrogens with one attached hydrogen (secondary N) is 1. The Morgan fingerprint density at radius 1 is 1.50 bits per heavy atom. The van der Waals surface area contributed by atoms with Crippen LogP contribution in [0.1, 0.15) is 6.42 Å². The minimum absolute atomic E-state index is 0.0626. The smallest absolute Gasteiger partial charge is 0.258 e. The lowest BCUT2D eigenvalue weighted by Gasteiger charge is -2.30. The van der Waals surface area contributed by atoms with Gasteiger partial charge in [0, 0.05) is 19.8 Å². The zero-order chi connectivity index (χ0) is 16.8. The van der Waals surface area contributed by atoms with Gasteiger partial charge in [-0.1, -0.05) is 6.07 Å². The average Bonchev–Trinajstić information content (AvgIpc) is 3.15. The molecule has 1 aliphatic rings. The number of rotatable bonds is 6. The molecule has 1 amide bonds. The summed E-state index contributed by atoms with van der Waals surface area (Å²) >= 11 is 0. The van der Waals surface area contributed by atoms with Crippen LogP contribution in [0.25, 0.3) is 5.69 Å². The fraction of sp³-hybridized carbons (Fsp3) is 0.467. The zero-order valence-corrected chi connectivity index (χ0v) is 13.3. The highest BCUT2D eigenvalue weighted by Crippen LogP contribution is 2.16. The lowest BCUT2D eigenvalue weighted by molar-refractivity contribution is -0.127. The third-order valence-electron chi connectivity index (χ3n) is 3.75.